The fraction of sp³-hybridized carbons (Fsp3) is 0.350. The topological polar surface area (TPSA) is 94.2 Å². The maximum atomic E-state index is 13.1. The number of amides is 1. The Morgan fingerprint density at radius 3 is 2.55 bits per heavy atom. The third kappa shape index (κ3) is 3.88. The standard InChI is InChI=1S/C20H22N2O6S/c1-26-17-7-5-14(11-19(17)29(24,25)22-9-3-2-4-10-22)20(23)21-15-6-8-16-18(12-15)28-13-27-16/h5-8,11-12H,2-4,9-10,13H2,1H3,(H,21,23). The van der Waals surface area contributed by atoms with E-state index in [4.69, 9.17) is 14.2 Å². The molecule has 0 unspecified atom stereocenters. The highest BCUT2D eigenvalue weighted by molar-refractivity contribution is 7.89. The van der Waals surface area contributed by atoms with Crippen molar-refractivity contribution in [3.8, 4) is 17.2 Å². The average molecular weight is 418 g/mol. The number of anilines is 1. The van der Waals surface area contributed by atoms with Crippen molar-refractivity contribution in [3.05, 3.63) is 42.0 Å². The molecule has 2 aromatic carbocycles. The van der Waals surface area contributed by atoms with Crippen LogP contribution in [0.1, 0.15) is 29.6 Å². The lowest BCUT2D eigenvalue weighted by molar-refractivity contribution is 0.102. The van der Waals surface area contributed by atoms with Gasteiger partial charge in [0.15, 0.2) is 11.5 Å². The zero-order valence-corrected chi connectivity index (χ0v) is 16.8. The Labute approximate surface area is 169 Å². The third-order valence-electron chi connectivity index (χ3n) is 4.99. The first-order chi connectivity index (χ1) is 14.0. The molecule has 2 heterocycles. The molecule has 4 rings (SSSR count). The van der Waals surface area contributed by atoms with Crippen LogP contribution in [0.25, 0.3) is 0 Å². The van der Waals surface area contributed by atoms with E-state index in [9.17, 15) is 13.2 Å². The van der Waals surface area contributed by atoms with Crippen molar-refractivity contribution >= 4 is 21.6 Å². The number of benzene rings is 2. The summed E-state index contributed by atoms with van der Waals surface area (Å²) in [7, 11) is -2.34. The summed E-state index contributed by atoms with van der Waals surface area (Å²) in [4.78, 5) is 12.7. The summed E-state index contributed by atoms with van der Waals surface area (Å²) in [5, 5.41) is 2.76. The molecule has 2 aliphatic rings. The van der Waals surface area contributed by atoms with Gasteiger partial charge in [0, 0.05) is 30.4 Å². The summed E-state index contributed by atoms with van der Waals surface area (Å²) < 4.78 is 43.5. The van der Waals surface area contributed by atoms with Gasteiger partial charge in [0.25, 0.3) is 5.91 Å². The number of sulfonamides is 1. The van der Waals surface area contributed by atoms with E-state index in [1.807, 2.05) is 0 Å². The summed E-state index contributed by atoms with van der Waals surface area (Å²) in [5.74, 6) is 0.949. The molecule has 0 atom stereocenters. The van der Waals surface area contributed by atoms with E-state index in [0.717, 1.165) is 19.3 Å². The molecule has 1 saturated heterocycles. The van der Waals surface area contributed by atoms with E-state index in [-0.39, 0.29) is 23.0 Å². The molecular formula is C20H22N2O6S. The molecule has 0 aliphatic carbocycles. The van der Waals surface area contributed by atoms with E-state index < -0.39 is 15.9 Å². The highest BCUT2D eigenvalue weighted by Crippen LogP contribution is 2.34. The average Bonchev–Trinajstić information content (AvgIpc) is 3.21. The maximum Gasteiger partial charge on any atom is 0.255 e. The quantitative estimate of drug-likeness (QED) is 0.803. The lowest BCUT2D eigenvalue weighted by Crippen LogP contribution is -2.35. The summed E-state index contributed by atoms with van der Waals surface area (Å²) >= 11 is 0. The molecule has 1 fully saturated rings. The Morgan fingerprint density at radius 2 is 1.79 bits per heavy atom. The van der Waals surface area contributed by atoms with Gasteiger partial charge in [-0.15, -0.1) is 0 Å². The van der Waals surface area contributed by atoms with E-state index >= 15 is 0 Å². The van der Waals surface area contributed by atoms with Crippen molar-refractivity contribution in [2.75, 3.05) is 32.3 Å². The molecule has 1 amide bonds. The van der Waals surface area contributed by atoms with Gasteiger partial charge in [-0.05, 0) is 43.2 Å². The molecule has 0 bridgehead atoms. The Morgan fingerprint density at radius 1 is 1.03 bits per heavy atom. The normalized spacial score (nSPS) is 16.4. The van der Waals surface area contributed by atoms with Crippen LogP contribution in [0.4, 0.5) is 5.69 Å². The van der Waals surface area contributed by atoms with Crippen LogP contribution in [0.15, 0.2) is 41.3 Å². The first-order valence-corrected chi connectivity index (χ1v) is 10.8. The summed E-state index contributed by atoms with van der Waals surface area (Å²) in [6.45, 7) is 1.08. The highest BCUT2D eigenvalue weighted by Gasteiger charge is 2.29. The zero-order valence-electron chi connectivity index (χ0n) is 16.0. The molecule has 154 valence electrons. The molecule has 1 N–H and O–H groups in total. The third-order valence-corrected chi connectivity index (χ3v) is 6.91. The molecule has 0 aromatic heterocycles. The second kappa shape index (κ2) is 7.92. The lowest BCUT2D eigenvalue weighted by atomic mass is 10.2. The Hall–Kier alpha value is -2.78. The number of ether oxygens (including phenoxy) is 3. The number of carbonyl (C=O) groups excluding carboxylic acids is 1. The molecule has 8 nitrogen and oxygen atoms in total. The molecule has 9 heteroatoms. The van der Waals surface area contributed by atoms with Crippen molar-refractivity contribution in [1.29, 1.82) is 0 Å². The molecule has 0 saturated carbocycles. The van der Waals surface area contributed by atoms with E-state index in [1.54, 1.807) is 18.2 Å². The zero-order chi connectivity index (χ0) is 20.4. The van der Waals surface area contributed by atoms with Gasteiger partial charge in [0.1, 0.15) is 10.6 Å². The van der Waals surface area contributed by atoms with Crippen molar-refractivity contribution in [1.82, 2.24) is 4.31 Å². The largest absolute Gasteiger partial charge is 0.495 e. The molecule has 0 radical (unpaired) electrons. The van der Waals surface area contributed by atoms with Crippen LogP contribution >= 0.6 is 0 Å². The fourth-order valence-corrected chi connectivity index (χ4v) is 5.14. The Bertz CT molecular complexity index is 1030. The summed E-state index contributed by atoms with van der Waals surface area (Å²) in [6.07, 6.45) is 2.67. The first kappa shape index (κ1) is 19.5. The van der Waals surface area contributed by atoms with Crippen molar-refractivity contribution < 1.29 is 27.4 Å². The van der Waals surface area contributed by atoms with E-state index in [1.165, 1.54) is 29.6 Å². The number of hydrogen-bond acceptors (Lipinski definition) is 6. The fourth-order valence-electron chi connectivity index (χ4n) is 3.44. The number of carbonyl (C=O) groups is 1. The number of fused-ring (bicyclic) bond motifs is 1. The van der Waals surface area contributed by atoms with E-state index in [0.29, 0.717) is 30.3 Å². The van der Waals surface area contributed by atoms with Crippen LogP contribution in [0.3, 0.4) is 0 Å². The predicted molar refractivity (Wildman–Crippen MR) is 106 cm³/mol. The van der Waals surface area contributed by atoms with Gasteiger partial charge < -0.3 is 19.5 Å². The van der Waals surface area contributed by atoms with Gasteiger partial charge in [-0.1, -0.05) is 6.42 Å². The number of nitrogens with one attached hydrogen (secondary N) is 1. The minimum atomic E-state index is -3.75. The highest BCUT2D eigenvalue weighted by atomic mass is 32.2. The van der Waals surface area contributed by atoms with Crippen molar-refractivity contribution in [2.24, 2.45) is 0 Å². The predicted octanol–water partition coefficient (Wildman–Crippen LogP) is 2.85. The number of methoxy groups -OCH3 is 1. The lowest BCUT2D eigenvalue weighted by Gasteiger charge is -2.26. The molecular weight excluding hydrogens is 396 g/mol. The monoisotopic (exact) mass is 418 g/mol. The van der Waals surface area contributed by atoms with Gasteiger partial charge in [0.2, 0.25) is 16.8 Å². The SMILES string of the molecule is COc1ccc(C(=O)Nc2ccc3c(c2)OCO3)cc1S(=O)(=O)N1CCCCC1. The van der Waals surface area contributed by atoms with Crippen molar-refractivity contribution in [2.45, 2.75) is 24.2 Å². The number of piperidine rings is 1. The smallest absolute Gasteiger partial charge is 0.255 e. The second-order valence-corrected chi connectivity index (χ2v) is 8.76. The Balaban J connectivity index is 1.61. The Kier molecular flexibility index (Phi) is 5.33. The van der Waals surface area contributed by atoms with Crippen LogP contribution in [-0.4, -0.2) is 45.6 Å². The van der Waals surface area contributed by atoms with Gasteiger partial charge in [-0.25, -0.2) is 8.42 Å². The second-order valence-electron chi connectivity index (χ2n) is 6.85. The molecule has 2 aliphatic heterocycles. The van der Waals surface area contributed by atoms with Gasteiger partial charge in [0.05, 0.1) is 7.11 Å². The van der Waals surface area contributed by atoms with Crippen LogP contribution in [0, 0.1) is 0 Å². The number of nitrogens with zero attached hydrogens (tertiary/aromatic N) is 1. The molecule has 0 spiro atoms. The maximum absolute atomic E-state index is 13.1. The van der Waals surface area contributed by atoms with Crippen LogP contribution < -0.4 is 19.5 Å². The minimum Gasteiger partial charge on any atom is -0.495 e. The van der Waals surface area contributed by atoms with Gasteiger partial charge in [-0.3, -0.25) is 4.79 Å². The minimum absolute atomic E-state index is 0.000219. The molecule has 29 heavy (non-hydrogen) atoms. The first-order valence-electron chi connectivity index (χ1n) is 9.38. The summed E-state index contributed by atoms with van der Waals surface area (Å²) in [5.41, 5.74) is 0.745. The summed E-state index contributed by atoms with van der Waals surface area (Å²) in [6, 6.07) is 9.47. The van der Waals surface area contributed by atoms with E-state index in [2.05, 4.69) is 5.32 Å². The van der Waals surface area contributed by atoms with Crippen LogP contribution in [0.2, 0.25) is 0 Å². The van der Waals surface area contributed by atoms with Crippen LogP contribution in [0.5, 0.6) is 17.2 Å². The van der Waals surface area contributed by atoms with Gasteiger partial charge >= 0.3 is 0 Å². The number of rotatable bonds is 5. The van der Waals surface area contributed by atoms with Crippen molar-refractivity contribution in [3.63, 3.8) is 0 Å². The van der Waals surface area contributed by atoms with Crippen LogP contribution in [-0.2, 0) is 10.0 Å². The number of hydrogen-bond donors (Lipinski definition) is 1. The van der Waals surface area contributed by atoms with Gasteiger partial charge in [-0.2, -0.15) is 4.31 Å². The molecule has 2 aromatic rings.